The molecule has 2 amide bonds. The third kappa shape index (κ3) is 6.36. The zero-order valence-electron chi connectivity index (χ0n) is 22.8. The maximum Gasteiger partial charge on any atom is 0.275 e. The summed E-state index contributed by atoms with van der Waals surface area (Å²) in [6.45, 7) is 10.5. The number of amides is 2. The van der Waals surface area contributed by atoms with Crippen molar-refractivity contribution < 1.29 is 14.3 Å². The van der Waals surface area contributed by atoms with Gasteiger partial charge in [0.15, 0.2) is 11.6 Å². The normalized spacial score (nSPS) is 13.2. The molecule has 2 N–H and O–H groups in total. The highest BCUT2D eigenvalue weighted by molar-refractivity contribution is 7.22. The Morgan fingerprint density at radius 3 is 2.48 bits per heavy atom. The molecule has 0 saturated carbocycles. The van der Waals surface area contributed by atoms with Gasteiger partial charge in [0, 0.05) is 23.1 Å². The van der Waals surface area contributed by atoms with Crippen LogP contribution in [-0.2, 0) is 9.59 Å². The molecule has 0 aliphatic carbocycles. The predicted octanol–water partition coefficient (Wildman–Crippen LogP) is 6.47. The highest BCUT2D eigenvalue weighted by Gasteiger charge is 2.30. The third-order valence-corrected chi connectivity index (χ3v) is 8.51. The molecule has 40 heavy (non-hydrogen) atoms. The van der Waals surface area contributed by atoms with E-state index in [1.807, 2.05) is 48.7 Å². The van der Waals surface area contributed by atoms with Crippen molar-refractivity contribution in [2.24, 2.45) is 5.92 Å². The number of rotatable bonds is 11. The number of thiophene rings is 2. The van der Waals surface area contributed by atoms with Gasteiger partial charge in [-0.25, -0.2) is 9.97 Å². The molecule has 1 aromatic carbocycles. The van der Waals surface area contributed by atoms with Crippen LogP contribution in [0.15, 0.2) is 53.4 Å². The van der Waals surface area contributed by atoms with Crippen molar-refractivity contribution in [3.8, 4) is 26.9 Å². The third-order valence-electron chi connectivity index (χ3n) is 6.41. The van der Waals surface area contributed by atoms with Crippen LogP contribution in [-0.4, -0.2) is 46.5 Å². The van der Waals surface area contributed by atoms with Gasteiger partial charge in [0.25, 0.3) is 11.8 Å². The fourth-order valence-electron chi connectivity index (χ4n) is 4.27. The highest BCUT2D eigenvalue weighted by atomic mass is 35.5. The van der Waals surface area contributed by atoms with Crippen LogP contribution < -0.4 is 15.5 Å². The van der Waals surface area contributed by atoms with Gasteiger partial charge in [0.05, 0.1) is 10.3 Å². The van der Waals surface area contributed by atoms with Crippen molar-refractivity contribution in [2.45, 2.75) is 34.1 Å². The van der Waals surface area contributed by atoms with E-state index in [2.05, 4.69) is 24.6 Å². The summed E-state index contributed by atoms with van der Waals surface area (Å²) in [4.78, 5) is 37.4. The number of imide groups is 1. The highest BCUT2D eigenvalue weighted by Crippen LogP contribution is 2.42. The number of aromatic nitrogens is 2. The summed E-state index contributed by atoms with van der Waals surface area (Å²) in [6.07, 6.45) is 2.48. The lowest BCUT2D eigenvalue weighted by molar-refractivity contribution is -0.135. The minimum atomic E-state index is -0.416. The van der Waals surface area contributed by atoms with Gasteiger partial charge in [-0.15, -0.1) is 35.1 Å². The summed E-state index contributed by atoms with van der Waals surface area (Å²) >= 11 is 3.09. The lowest BCUT2D eigenvalue weighted by atomic mass is 10.1. The Balaban J connectivity index is 0.00000370. The van der Waals surface area contributed by atoms with E-state index in [0.717, 1.165) is 61.4 Å². The van der Waals surface area contributed by atoms with Crippen LogP contribution in [0, 0.1) is 12.8 Å². The Hall–Kier alpha value is -3.31. The van der Waals surface area contributed by atoms with Crippen molar-refractivity contribution in [2.75, 3.05) is 25.1 Å². The monoisotopic (exact) mass is 597 g/mol. The van der Waals surface area contributed by atoms with E-state index in [1.165, 1.54) is 17.4 Å². The molecule has 0 saturated heterocycles. The van der Waals surface area contributed by atoms with E-state index in [4.69, 9.17) is 14.7 Å². The number of nitrogens with one attached hydrogen (secondary N) is 2. The summed E-state index contributed by atoms with van der Waals surface area (Å²) in [7, 11) is 0. The molecule has 0 radical (unpaired) electrons. The van der Waals surface area contributed by atoms with Crippen molar-refractivity contribution in [3.63, 3.8) is 0 Å². The zero-order chi connectivity index (χ0) is 27.5. The van der Waals surface area contributed by atoms with Crippen molar-refractivity contribution in [1.82, 2.24) is 20.3 Å². The minimum absolute atomic E-state index is 0. The van der Waals surface area contributed by atoms with Crippen molar-refractivity contribution in [3.05, 3.63) is 59.0 Å². The Morgan fingerprint density at radius 1 is 1.05 bits per heavy atom. The first-order valence-corrected chi connectivity index (χ1v) is 14.6. The lowest BCUT2D eigenvalue weighted by Crippen LogP contribution is -2.36. The Kier molecular flexibility index (Phi) is 9.57. The van der Waals surface area contributed by atoms with Gasteiger partial charge in [0.1, 0.15) is 17.2 Å². The van der Waals surface area contributed by atoms with E-state index in [-0.39, 0.29) is 18.3 Å². The maximum absolute atomic E-state index is 12.6. The summed E-state index contributed by atoms with van der Waals surface area (Å²) in [5.74, 6) is 1.68. The molecule has 1 aliphatic rings. The van der Waals surface area contributed by atoms with Crippen LogP contribution in [0.5, 0.6) is 5.75 Å². The average molecular weight is 598 g/mol. The van der Waals surface area contributed by atoms with E-state index in [1.54, 1.807) is 18.3 Å². The standard InChI is InChI=1S/C29H31N5O3S2.ClH/c1-17(2)11-12-30-13-14-37-21-9-7-20(8-10-21)25-19(4)24-27(33-34-23(35)16-18(3)29(34)36)31-26(32-28(24)39-25)22-6-5-15-38-22;/h5-10,15-17,30H,11-14H2,1-4H3,(H,31,32,33);1H. The van der Waals surface area contributed by atoms with E-state index in [9.17, 15) is 9.59 Å². The Labute approximate surface area is 247 Å². The number of hydrogen-bond acceptors (Lipinski definition) is 9. The van der Waals surface area contributed by atoms with Gasteiger partial charge in [0.2, 0.25) is 0 Å². The number of fused-ring (bicyclic) bond motifs is 1. The molecule has 0 fully saturated rings. The first kappa shape index (κ1) is 29.7. The topological polar surface area (TPSA) is 96.5 Å². The summed E-state index contributed by atoms with van der Waals surface area (Å²) in [5.41, 5.74) is 5.38. The fraction of sp³-hybridized carbons (Fsp3) is 0.310. The molecule has 4 heterocycles. The number of hydrazine groups is 1. The molecule has 8 nitrogen and oxygen atoms in total. The number of anilines is 1. The Morgan fingerprint density at radius 2 is 1.82 bits per heavy atom. The largest absolute Gasteiger partial charge is 0.492 e. The SMILES string of the molecule is CC1=CC(=O)N(Nc2nc(-c3cccs3)nc3sc(-c4ccc(OCCNCCC(C)C)cc4)c(C)c23)C1=O.Cl. The maximum atomic E-state index is 12.6. The molecule has 5 rings (SSSR count). The number of halogens is 1. The molecule has 0 bridgehead atoms. The molecule has 0 unspecified atom stereocenters. The smallest absolute Gasteiger partial charge is 0.275 e. The number of nitrogens with zero attached hydrogens (tertiary/aromatic N) is 3. The number of benzene rings is 1. The molecule has 1 aliphatic heterocycles. The van der Waals surface area contributed by atoms with Crippen LogP contribution in [0.3, 0.4) is 0 Å². The Bertz CT molecular complexity index is 1530. The van der Waals surface area contributed by atoms with Gasteiger partial charge in [-0.3, -0.25) is 15.0 Å². The number of hydrogen-bond donors (Lipinski definition) is 2. The molecule has 0 atom stereocenters. The number of ether oxygens (including phenoxy) is 1. The fourth-order valence-corrected chi connectivity index (χ4v) is 6.11. The minimum Gasteiger partial charge on any atom is -0.492 e. The lowest BCUT2D eigenvalue weighted by Gasteiger charge is -2.17. The van der Waals surface area contributed by atoms with E-state index in [0.29, 0.717) is 29.7 Å². The molecule has 3 aromatic heterocycles. The quantitative estimate of drug-likeness (QED) is 0.151. The van der Waals surface area contributed by atoms with Gasteiger partial charge in [-0.05, 0) is 79.6 Å². The molecule has 210 valence electrons. The molecule has 11 heteroatoms. The van der Waals surface area contributed by atoms with Gasteiger partial charge < -0.3 is 10.1 Å². The first-order chi connectivity index (χ1) is 18.8. The summed E-state index contributed by atoms with van der Waals surface area (Å²) in [5, 5.41) is 7.17. The second-order valence-electron chi connectivity index (χ2n) is 9.83. The molecular weight excluding hydrogens is 566 g/mol. The number of carbonyl (C=O) groups is 2. The van der Waals surface area contributed by atoms with Crippen molar-refractivity contribution in [1.29, 1.82) is 0 Å². The van der Waals surface area contributed by atoms with Crippen LogP contribution >= 0.6 is 35.1 Å². The number of aryl methyl sites for hydroxylation is 1. The van der Waals surface area contributed by atoms with Crippen molar-refractivity contribution >= 4 is 62.9 Å². The van der Waals surface area contributed by atoms with Crippen LogP contribution in [0.4, 0.5) is 5.82 Å². The van der Waals surface area contributed by atoms with E-state index >= 15 is 0 Å². The summed E-state index contributed by atoms with van der Waals surface area (Å²) in [6, 6.07) is 11.9. The average Bonchev–Trinajstić information content (AvgIpc) is 3.62. The van der Waals surface area contributed by atoms with Gasteiger partial charge in [-0.2, -0.15) is 5.01 Å². The first-order valence-electron chi connectivity index (χ1n) is 12.9. The van der Waals surface area contributed by atoms with Gasteiger partial charge >= 0.3 is 0 Å². The second-order valence-corrected chi connectivity index (χ2v) is 11.8. The summed E-state index contributed by atoms with van der Waals surface area (Å²) < 4.78 is 5.91. The van der Waals surface area contributed by atoms with Crippen LogP contribution in [0.2, 0.25) is 0 Å². The molecule has 4 aromatic rings. The van der Waals surface area contributed by atoms with Gasteiger partial charge in [-0.1, -0.05) is 19.9 Å². The molecule has 0 spiro atoms. The van der Waals surface area contributed by atoms with Crippen LogP contribution in [0.25, 0.3) is 31.4 Å². The predicted molar refractivity (Wildman–Crippen MR) is 165 cm³/mol. The van der Waals surface area contributed by atoms with Crippen LogP contribution in [0.1, 0.15) is 32.8 Å². The molecular formula is C29H32ClN5O3S2. The number of carbonyl (C=O) groups excluding carboxylic acids is 2. The van der Waals surface area contributed by atoms with E-state index < -0.39 is 5.91 Å². The zero-order valence-corrected chi connectivity index (χ0v) is 25.3. The second kappa shape index (κ2) is 12.9.